The first kappa shape index (κ1) is 14.4. The fourth-order valence-electron chi connectivity index (χ4n) is 1.70. The summed E-state index contributed by atoms with van der Waals surface area (Å²) in [5.41, 5.74) is 1.37. The molecule has 2 rings (SSSR count). The lowest BCUT2D eigenvalue weighted by Crippen LogP contribution is -2.20. The highest BCUT2D eigenvalue weighted by atomic mass is 32.2. The monoisotopic (exact) mass is 293 g/mol. The molecule has 1 aromatic heterocycles. The van der Waals surface area contributed by atoms with Gasteiger partial charge in [0.2, 0.25) is 0 Å². The van der Waals surface area contributed by atoms with Crippen molar-refractivity contribution in [2.24, 2.45) is 0 Å². The van der Waals surface area contributed by atoms with Crippen LogP contribution in [0.1, 0.15) is 10.4 Å². The summed E-state index contributed by atoms with van der Waals surface area (Å²) >= 11 is 3.54. The van der Waals surface area contributed by atoms with E-state index in [1.807, 2.05) is 12.1 Å². The number of thioether (sulfide) groups is 1. The Morgan fingerprint density at radius 1 is 1.21 bits per heavy atom. The second-order valence-electron chi connectivity index (χ2n) is 4.23. The maximum Gasteiger partial charge on any atom is 0.119 e. The van der Waals surface area contributed by atoms with Gasteiger partial charge in [-0.25, -0.2) is 0 Å². The van der Waals surface area contributed by atoms with Crippen LogP contribution in [0.15, 0.2) is 40.6 Å². The first-order chi connectivity index (χ1) is 9.29. The fraction of sp³-hybridized carbons (Fsp3) is 0.333. The summed E-state index contributed by atoms with van der Waals surface area (Å²) in [4.78, 5) is 2.67. The van der Waals surface area contributed by atoms with Crippen molar-refractivity contribution in [1.82, 2.24) is 5.32 Å². The van der Waals surface area contributed by atoms with E-state index in [0.29, 0.717) is 6.61 Å². The molecule has 102 valence electrons. The molecule has 0 aliphatic rings. The van der Waals surface area contributed by atoms with E-state index in [2.05, 4.69) is 42.1 Å². The highest BCUT2D eigenvalue weighted by Gasteiger charge is 1.99. The Labute approximate surface area is 123 Å². The van der Waals surface area contributed by atoms with Crippen molar-refractivity contribution in [1.29, 1.82) is 0 Å². The lowest BCUT2D eigenvalue weighted by molar-refractivity contribution is 0.313. The van der Waals surface area contributed by atoms with Crippen LogP contribution in [0.25, 0.3) is 0 Å². The summed E-state index contributed by atoms with van der Waals surface area (Å²) in [6, 6.07) is 10.4. The van der Waals surface area contributed by atoms with E-state index >= 15 is 0 Å². The molecular weight excluding hydrogens is 274 g/mol. The molecule has 0 fully saturated rings. The topological polar surface area (TPSA) is 21.3 Å². The molecular formula is C15H19NOS2. The zero-order valence-electron chi connectivity index (χ0n) is 11.3. The zero-order chi connectivity index (χ0) is 13.5. The molecule has 0 radical (unpaired) electrons. The van der Waals surface area contributed by atoms with Crippen molar-refractivity contribution < 1.29 is 4.74 Å². The van der Waals surface area contributed by atoms with Crippen LogP contribution in [0.5, 0.6) is 5.75 Å². The van der Waals surface area contributed by atoms with Crippen molar-refractivity contribution in [3.05, 3.63) is 46.2 Å². The molecule has 0 aliphatic heterocycles. The first-order valence-corrected chi connectivity index (χ1v) is 8.40. The lowest BCUT2D eigenvalue weighted by atomic mass is 10.3. The molecule has 0 bridgehead atoms. The normalized spacial score (nSPS) is 10.6. The summed E-state index contributed by atoms with van der Waals surface area (Å²) in [7, 11) is 0. The summed E-state index contributed by atoms with van der Waals surface area (Å²) < 4.78 is 5.69. The minimum absolute atomic E-state index is 0.697. The van der Waals surface area contributed by atoms with E-state index in [1.165, 1.54) is 15.3 Å². The molecule has 2 aromatic rings. The highest BCUT2D eigenvalue weighted by molar-refractivity contribution is 7.98. The minimum atomic E-state index is 0.697. The van der Waals surface area contributed by atoms with Crippen LogP contribution in [0.4, 0.5) is 0 Å². The molecule has 0 spiro atoms. The predicted molar refractivity (Wildman–Crippen MR) is 84.5 cm³/mol. The van der Waals surface area contributed by atoms with E-state index in [-0.39, 0.29) is 0 Å². The standard InChI is InChI=1S/C15H19NOS2/c1-12-7-10-19-15(12)11-16-8-9-17-13-3-5-14(18-2)6-4-13/h3-7,10,16H,8-9,11H2,1-2H3. The van der Waals surface area contributed by atoms with Crippen molar-refractivity contribution >= 4 is 23.1 Å². The SMILES string of the molecule is CSc1ccc(OCCNCc2sccc2C)cc1. The number of hydrogen-bond donors (Lipinski definition) is 1. The Morgan fingerprint density at radius 3 is 2.63 bits per heavy atom. The lowest BCUT2D eigenvalue weighted by Gasteiger charge is -2.08. The molecule has 1 aromatic carbocycles. The third-order valence-electron chi connectivity index (χ3n) is 2.86. The van der Waals surface area contributed by atoms with Crippen LogP contribution in [0.2, 0.25) is 0 Å². The average molecular weight is 293 g/mol. The van der Waals surface area contributed by atoms with Crippen LogP contribution in [-0.2, 0) is 6.54 Å². The Kier molecular flexibility index (Phi) is 5.76. The Hall–Kier alpha value is -0.970. The van der Waals surface area contributed by atoms with Crippen molar-refractivity contribution in [3.8, 4) is 5.75 Å². The minimum Gasteiger partial charge on any atom is -0.492 e. The number of nitrogens with one attached hydrogen (secondary N) is 1. The molecule has 0 atom stereocenters. The van der Waals surface area contributed by atoms with Crippen molar-refractivity contribution in [2.75, 3.05) is 19.4 Å². The molecule has 4 heteroatoms. The number of aryl methyl sites for hydroxylation is 1. The Morgan fingerprint density at radius 2 is 2.00 bits per heavy atom. The van der Waals surface area contributed by atoms with Crippen molar-refractivity contribution in [2.45, 2.75) is 18.4 Å². The molecule has 0 amide bonds. The number of rotatable bonds is 7. The van der Waals surface area contributed by atoms with Gasteiger partial charge in [0.25, 0.3) is 0 Å². The summed E-state index contributed by atoms with van der Waals surface area (Å²) in [6.45, 7) is 4.64. The summed E-state index contributed by atoms with van der Waals surface area (Å²) in [5.74, 6) is 0.937. The maximum absolute atomic E-state index is 5.69. The Bertz CT molecular complexity index is 493. The smallest absolute Gasteiger partial charge is 0.119 e. The predicted octanol–water partition coefficient (Wildman–Crippen LogP) is 3.95. The van der Waals surface area contributed by atoms with E-state index in [1.54, 1.807) is 23.1 Å². The highest BCUT2D eigenvalue weighted by Crippen LogP contribution is 2.18. The molecule has 0 saturated carbocycles. The fourth-order valence-corrected chi connectivity index (χ4v) is 2.98. The number of benzene rings is 1. The Balaban J connectivity index is 1.65. The third-order valence-corrected chi connectivity index (χ3v) is 4.63. The third kappa shape index (κ3) is 4.56. The van der Waals surface area contributed by atoms with Gasteiger partial charge in [0.15, 0.2) is 0 Å². The van der Waals surface area contributed by atoms with Gasteiger partial charge in [-0.3, -0.25) is 0 Å². The number of ether oxygens (including phenoxy) is 1. The second-order valence-corrected chi connectivity index (χ2v) is 6.11. The van der Waals surface area contributed by atoms with E-state index < -0.39 is 0 Å². The quantitative estimate of drug-likeness (QED) is 0.617. The molecule has 0 unspecified atom stereocenters. The molecule has 19 heavy (non-hydrogen) atoms. The van der Waals surface area contributed by atoms with Gasteiger partial charge in [-0.15, -0.1) is 23.1 Å². The molecule has 1 N–H and O–H groups in total. The molecule has 0 saturated heterocycles. The van der Waals surface area contributed by atoms with Gasteiger partial charge in [-0.1, -0.05) is 0 Å². The largest absolute Gasteiger partial charge is 0.492 e. The van der Waals surface area contributed by atoms with Gasteiger partial charge in [0, 0.05) is 22.9 Å². The number of thiophene rings is 1. The van der Waals surface area contributed by atoms with E-state index in [4.69, 9.17) is 4.74 Å². The van der Waals surface area contributed by atoms with Crippen LogP contribution in [0.3, 0.4) is 0 Å². The van der Waals surface area contributed by atoms with Gasteiger partial charge < -0.3 is 10.1 Å². The van der Waals surface area contributed by atoms with Gasteiger partial charge in [-0.2, -0.15) is 0 Å². The van der Waals surface area contributed by atoms with Crippen LogP contribution >= 0.6 is 23.1 Å². The zero-order valence-corrected chi connectivity index (χ0v) is 12.9. The average Bonchev–Trinajstić information content (AvgIpc) is 2.85. The van der Waals surface area contributed by atoms with E-state index in [9.17, 15) is 0 Å². The van der Waals surface area contributed by atoms with Crippen LogP contribution in [0, 0.1) is 6.92 Å². The molecule has 0 aliphatic carbocycles. The van der Waals surface area contributed by atoms with Gasteiger partial charge in [0.1, 0.15) is 12.4 Å². The summed E-state index contributed by atoms with van der Waals surface area (Å²) in [6.07, 6.45) is 2.08. The summed E-state index contributed by atoms with van der Waals surface area (Å²) in [5, 5.41) is 5.54. The van der Waals surface area contributed by atoms with Gasteiger partial charge in [0.05, 0.1) is 0 Å². The second kappa shape index (κ2) is 7.58. The maximum atomic E-state index is 5.69. The van der Waals surface area contributed by atoms with Crippen LogP contribution in [-0.4, -0.2) is 19.4 Å². The van der Waals surface area contributed by atoms with Gasteiger partial charge in [-0.05, 0) is 54.5 Å². The number of hydrogen-bond acceptors (Lipinski definition) is 4. The molecule has 2 nitrogen and oxygen atoms in total. The van der Waals surface area contributed by atoms with E-state index in [0.717, 1.165) is 18.8 Å². The van der Waals surface area contributed by atoms with Gasteiger partial charge >= 0.3 is 0 Å². The molecule has 1 heterocycles. The van der Waals surface area contributed by atoms with Crippen molar-refractivity contribution in [3.63, 3.8) is 0 Å². The van der Waals surface area contributed by atoms with Crippen LogP contribution < -0.4 is 10.1 Å². The first-order valence-electron chi connectivity index (χ1n) is 6.30.